The van der Waals surface area contributed by atoms with Gasteiger partial charge in [-0.25, -0.2) is 4.79 Å². The lowest BCUT2D eigenvalue weighted by Crippen LogP contribution is -2.05. The molecule has 0 spiro atoms. The minimum absolute atomic E-state index is 0.108. The van der Waals surface area contributed by atoms with Crippen LogP contribution in [0.4, 0.5) is 0 Å². The number of aromatic carboxylic acids is 1. The van der Waals surface area contributed by atoms with Gasteiger partial charge in [0, 0.05) is 13.5 Å². The molecule has 6 nitrogen and oxygen atoms in total. The minimum atomic E-state index is -1.02. The molecule has 1 aromatic heterocycles. The molecule has 2 rings (SSSR count). The summed E-state index contributed by atoms with van der Waals surface area (Å²) in [7, 11) is 1.65. The minimum Gasteiger partial charge on any atom is -0.478 e. The molecule has 1 unspecified atom stereocenters. The molecule has 1 aromatic carbocycles. The number of carboxylic acid groups (broad SMARTS) is 1. The van der Waals surface area contributed by atoms with Crippen molar-refractivity contribution in [2.75, 3.05) is 7.11 Å². The van der Waals surface area contributed by atoms with Gasteiger partial charge in [0.1, 0.15) is 0 Å². The van der Waals surface area contributed by atoms with Crippen molar-refractivity contribution >= 4 is 5.97 Å². The number of aromatic nitrogens is 2. The zero-order valence-corrected chi connectivity index (χ0v) is 11.4. The largest absolute Gasteiger partial charge is 0.478 e. The van der Waals surface area contributed by atoms with E-state index in [1.165, 1.54) is 6.07 Å². The van der Waals surface area contributed by atoms with Gasteiger partial charge in [0.2, 0.25) is 11.8 Å². The van der Waals surface area contributed by atoms with E-state index >= 15 is 0 Å². The third-order valence-corrected chi connectivity index (χ3v) is 3.02. The number of nitrogens with zero attached hydrogens (tertiary/aromatic N) is 2. The third kappa shape index (κ3) is 3.21. The SMILES string of the molecule is COC(C)CCc1nnc(-c2ccccc2C(=O)O)o1. The average Bonchev–Trinajstić information content (AvgIpc) is 2.93. The van der Waals surface area contributed by atoms with Crippen molar-refractivity contribution in [1.82, 2.24) is 10.2 Å². The third-order valence-electron chi connectivity index (χ3n) is 3.02. The predicted molar refractivity (Wildman–Crippen MR) is 71.5 cm³/mol. The molecule has 1 atom stereocenters. The van der Waals surface area contributed by atoms with Gasteiger partial charge < -0.3 is 14.3 Å². The fraction of sp³-hybridized carbons (Fsp3) is 0.357. The highest BCUT2D eigenvalue weighted by atomic mass is 16.5. The standard InChI is InChI=1S/C14H16N2O4/c1-9(19-2)7-8-12-15-16-13(20-12)10-5-3-4-6-11(10)14(17)18/h3-6,9H,7-8H2,1-2H3,(H,17,18). The Balaban J connectivity index is 2.19. The van der Waals surface area contributed by atoms with Crippen molar-refractivity contribution in [2.24, 2.45) is 0 Å². The molecule has 0 bridgehead atoms. The van der Waals surface area contributed by atoms with Crippen LogP contribution >= 0.6 is 0 Å². The Bertz CT molecular complexity index is 594. The second kappa shape index (κ2) is 6.29. The smallest absolute Gasteiger partial charge is 0.336 e. The highest BCUT2D eigenvalue weighted by Crippen LogP contribution is 2.22. The quantitative estimate of drug-likeness (QED) is 0.872. The van der Waals surface area contributed by atoms with Crippen LogP contribution in [0.15, 0.2) is 28.7 Å². The summed E-state index contributed by atoms with van der Waals surface area (Å²) >= 11 is 0. The van der Waals surface area contributed by atoms with Gasteiger partial charge in [0.15, 0.2) is 0 Å². The van der Waals surface area contributed by atoms with Gasteiger partial charge in [-0.05, 0) is 25.5 Å². The van der Waals surface area contributed by atoms with Crippen LogP contribution in [0.1, 0.15) is 29.6 Å². The van der Waals surface area contributed by atoms with Crippen molar-refractivity contribution in [3.8, 4) is 11.5 Å². The van der Waals surface area contributed by atoms with E-state index in [1.54, 1.807) is 25.3 Å². The zero-order valence-electron chi connectivity index (χ0n) is 11.4. The first-order valence-electron chi connectivity index (χ1n) is 6.29. The van der Waals surface area contributed by atoms with Crippen LogP contribution in [0.25, 0.3) is 11.5 Å². The molecule has 6 heteroatoms. The Labute approximate surface area is 116 Å². The van der Waals surface area contributed by atoms with E-state index in [9.17, 15) is 4.79 Å². The lowest BCUT2D eigenvalue weighted by atomic mass is 10.1. The van der Waals surface area contributed by atoms with Crippen molar-refractivity contribution in [1.29, 1.82) is 0 Å². The topological polar surface area (TPSA) is 85.5 Å². The first-order valence-corrected chi connectivity index (χ1v) is 6.29. The van der Waals surface area contributed by atoms with Gasteiger partial charge in [0.25, 0.3) is 0 Å². The van der Waals surface area contributed by atoms with E-state index in [-0.39, 0.29) is 17.6 Å². The zero-order chi connectivity index (χ0) is 14.5. The van der Waals surface area contributed by atoms with Crippen LogP contribution in [0.3, 0.4) is 0 Å². The number of ether oxygens (including phenoxy) is 1. The monoisotopic (exact) mass is 276 g/mol. The number of aryl methyl sites for hydroxylation is 1. The molecule has 1 N–H and O–H groups in total. The Morgan fingerprint density at radius 3 is 2.85 bits per heavy atom. The van der Waals surface area contributed by atoms with Crippen molar-refractivity contribution < 1.29 is 19.1 Å². The molecule has 0 aliphatic carbocycles. The lowest BCUT2D eigenvalue weighted by Gasteiger charge is -2.05. The molecule has 0 aliphatic heterocycles. The Morgan fingerprint density at radius 2 is 2.15 bits per heavy atom. The second-order valence-corrected chi connectivity index (χ2v) is 4.44. The number of carboxylic acids is 1. The van der Waals surface area contributed by atoms with Crippen LogP contribution in [-0.4, -0.2) is 34.5 Å². The van der Waals surface area contributed by atoms with Crippen molar-refractivity contribution in [3.05, 3.63) is 35.7 Å². The fourth-order valence-corrected chi connectivity index (χ4v) is 1.76. The average molecular weight is 276 g/mol. The van der Waals surface area contributed by atoms with Crippen LogP contribution in [0, 0.1) is 0 Å². The Kier molecular flexibility index (Phi) is 4.47. The van der Waals surface area contributed by atoms with Gasteiger partial charge in [-0.1, -0.05) is 12.1 Å². The second-order valence-electron chi connectivity index (χ2n) is 4.44. The van der Waals surface area contributed by atoms with Gasteiger partial charge >= 0.3 is 5.97 Å². The highest BCUT2D eigenvalue weighted by molar-refractivity contribution is 5.94. The summed E-state index contributed by atoms with van der Waals surface area (Å²) in [5.41, 5.74) is 0.575. The first kappa shape index (κ1) is 14.2. The molecule has 2 aromatic rings. The van der Waals surface area contributed by atoms with Crippen molar-refractivity contribution in [3.63, 3.8) is 0 Å². The summed E-state index contributed by atoms with van der Waals surface area (Å²) in [6.07, 6.45) is 1.47. The van der Waals surface area contributed by atoms with Crippen LogP contribution in [-0.2, 0) is 11.2 Å². The van der Waals surface area contributed by atoms with E-state index in [2.05, 4.69) is 10.2 Å². The molecule has 0 amide bonds. The Morgan fingerprint density at radius 1 is 1.40 bits per heavy atom. The molecule has 0 radical (unpaired) electrons. The van der Waals surface area contributed by atoms with Gasteiger partial charge in [-0.2, -0.15) is 0 Å². The summed E-state index contributed by atoms with van der Waals surface area (Å²) in [5.74, 6) is -0.319. The summed E-state index contributed by atoms with van der Waals surface area (Å²) in [5, 5.41) is 17.0. The molecule has 1 heterocycles. The summed E-state index contributed by atoms with van der Waals surface area (Å²) in [6, 6.07) is 6.55. The van der Waals surface area contributed by atoms with Crippen LogP contribution in [0.5, 0.6) is 0 Å². The number of carbonyl (C=O) groups is 1. The fourth-order valence-electron chi connectivity index (χ4n) is 1.76. The Hall–Kier alpha value is -2.21. The molecule has 0 fully saturated rings. The molecular weight excluding hydrogens is 260 g/mol. The number of rotatable bonds is 6. The normalized spacial score (nSPS) is 12.3. The van der Waals surface area contributed by atoms with E-state index < -0.39 is 5.97 Å². The van der Waals surface area contributed by atoms with Crippen molar-refractivity contribution in [2.45, 2.75) is 25.9 Å². The van der Waals surface area contributed by atoms with Gasteiger partial charge in [0.05, 0.1) is 17.2 Å². The maximum Gasteiger partial charge on any atom is 0.336 e. The molecular formula is C14H16N2O4. The van der Waals surface area contributed by atoms with E-state index in [1.807, 2.05) is 6.92 Å². The van der Waals surface area contributed by atoms with E-state index in [0.717, 1.165) is 6.42 Å². The molecule has 0 aliphatic rings. The highest BCUT2D eigenvalue weighted by Gasteiger charge is 2.16. The number of benzene rings is 1. The summed E-state index contributed by atoms with van der Waals surface area (Å²) in [6.45, 7) is 1.96. The number of methoxy groups -OCH3 is 1. The molecule has 0 saturated heterocycles. The number of hydrogen-bond donors (Lipinski definition) is 1. The summed E-state index contributed by atoms with van der Waals surface area (Å²) < 4.78 is 10.7. The first-order chi connectivity index (χ1) is 9.61. The maximum absolute atomic E-state index is 11.1. The molecule has 106 valence electrons. The molecule has 0 saturated carbocycles. The maximum atomic E-state index is 11.1. The van der Waals surface area contributed by atoms with Crippen LogP contribution in [0.2, 0.25) is 0 Å². The summed E-state index contributed by atoms with van der Waals surface area (Å²) in [4.78, 5) is 11.1. The lowest BCUT2D eigenvalue weighted by molar-refractivity contribution is 0.0697. The van der Waals surface area contributed by atoms with E-state index in [4.69, 9.17) is 14.3 Å². The number of hydrogen-bond acceptors (Lipinski definition) is 5. The van der Waals surface area contributed by atoms with E-state index in [0.29, 0.717) is 17.9 Å². The predicted octanol–water partition coefficient (Wildman–Crippen LogP) is 2.40. The van der Waals surface area contributed by atoms with Gasteiger partial charge in [-0.15, -0.1) is 10.2 Å². The molecule has 20 heavy (non-hydrogen) atoms. The van der Waals surface area contributed by atoms with Gasteiger partial charge in [-0.3, -0.25) is 0 Å². The van der Waals surface area contributed by atoms with Crippen LogP contribution < -0.4 is 0 Å².